The highest BCUT2D eigenvalue weighted by Gasteiger charge is 2.39. The maximum Gasteiger partial charge on any atom is 0.0701 e. The molecule has 2 unspecified atom stereocenters. The molecule has 1 aromatic heterocycles. The van der Waals surface area contributed by atoms with E-state index in [9.17, 15) is 0 Å². The van der Waals surface area contributed by atoms with Gasteiger partial charge in [-0.15, -0.1) is 11.3 Å². The van der Waals surface area contributed by atoms with Crippen molar-refractivity contribution < 1.29 is 0 Å². The number of hydrogen-bond donors (Lipinski definition) is 1. The summed E-state index contributed by atoms with van der Waals surface area (Å²) in [5, 5.41) is 3.85. The van der Waals surface area contributed by atoms with Gasteiger partial charge < -0.3 is 5.32 Å². The van der Waals surface area contributed by atoms with Crippen molar-refractivity contribution in [1.29, 1.82) is 0 Å². The van der Waals surface area contributed by atoms with Gasteiger partial charge in [0.25, 0.3) is 0 Å². The molecule has 21 heavy (non-hydrogen) atoms. The Morgan fingerprint density at radius 2 is 2.05 bits per heavy atom. The van der Waals surface area contributed by atoms with Crippen molar-refractivity contribution in [2.75, 3.05) is 19.6 Å². The van der Waals surface area contributed by atoms with Gasteiger partial charge in [-0.3, -0.25) is 4.90 Å². The molecule has 2 rings (SSSR count). The van der Waals surface area contributed by atoms with Crippen molar-refractivity contribution >= 4 is 27.3 Å². The van der Waals surface area contributed by atoms with Gasteiger partial charge in [0.1, 0.15) is 0 Å². The molecule has 2 nitrogen and oxygen atoms in total. The molecule has 0 bridgehead atoms. The number of nitrogens with zero attached hydrogens (tertiary/aromatic N) is 1. The number of likely N-dealkylation sites (tertiary alicyclic amines) is 1. The molecule has 1 fully saturated rings. The summed E-state index contributed by atoms with van der Waals surface area (Å²) < 4.78 is 1.24. The van der Waals surface area contributed by atoms with E-state index >= 15 is 0 Å². The third-order valence-electron chi connectivity index (χ3n) is 4.97. The molecule has 2 atom stereocenters. The maximum absolute atomic E-state index is 3.85. The Bertz CT molecular complexity index is 428. The summed E-state index contributed by atoms with van der Waals surface area (Å²) in [7, 11) is 0. The predicted molar refractivity (Wildman–Crippen MR) is 97.3 cm³/mol. The molecule has 0 radical (unpaired) electrons. The molecule has 1 aliphatic heterocycles. The highest BCUT2D eigenvalue weighted by molar-refractivity contribution is 9.11. The summed E-state index contributed by atoms with van der Waals surface area (Å²) in [6, 6.07) is 4.98. The largest absolute Gasteiger partial charge is 0.312 e. The lowest BCUT2D eigenvalue weighted by Gasteiger charge is -2.45. The molecule has 120 valence electrons. The van der Waals surface area contributed by atoms with Crippen LogP contribution in [0.25, 0.3) is 0 Å². The fourth-order valence-electron chi connectivity index (χ4n) is 3.41. The molecule has 1 saturated heterocycles. The first kappa shape index (κ1) is 17.5. The van der Waals surface area contributed by atoms with Crippen molar-refractivity contribution in [3.63, 3.8) is 0 Å². The molecule has 2 heterocycles. The lowest BCUT2D eigenvalue weighted by atomic mass is 9.85. The second-order valence-corrected chi connectivity index (χ2v) is 8.87. The third-order valence-corrected chi connectivity index (χ3v) is 6.62. The van der Waals surface area contributed by atoms with Crippen LogP contribution in [0.3, 0.4) is 0 Å². The van der Waals surface area contributed by atoms with Crippen molar-refractivity contribution in [1.82, 2.24) is 10.2 Å². The van der Waals surface area contributed by atoms with Gasteiger partial charge in [-0.05, 0) is 86.7 Å². The van der Waals surface area contributed by atoms with Crippen molar-refractivity contribution in [3.8, 4) is 0 Å². The topological polar surface area (TPSA) is 15.3 Å². The van der Waals surface area contributed by atoms with E-state index in [1.165, 1.54) is 47.4 Å². The van der Waals surface area contributed by atoms with Crippen LogP contribution in [-0.4, -0.2) is 36.1 Å². The average molecular weight is 373 g/mol. The zero-order chi connectivity index (χ0) is 15.3. The van der Waals surface area contributed by atoms with Crippen LogP contribution in [0.2, 0.25) is 0 Å². The van der Waals surface area contributed by atoms with Gasteiger partial charge in [0.2, 0.25) is 0 Å². The van der Waals surface area contributed by atoms with E-state index in [0.717, 1.165) is 13.0 Å². The van der Waals surface area contributed by atoms with Crippen molar-refractivity contribution in [3.05, 3.63) is 20.8 Å². The lowest BCUT2D eigenvalue weighted by Crippen LogP contribution is -2.59. The number of halogens is 1. The minimum absolute atomic E-state index is 0.266. The Labute approximate surface area is 142 Å². The van der Waals surface area contributed by atoms with Gasteiger partial charge in [-0.1, -0.05) is 13.8 Å². The number of thiophene rings is 1. The first-order chi connectivity index (χ1) is 10.1. The molecule has 0 saturated carbocycles. The monoisotopic (exact) mass is 372 g/mol. The van der Waals surface area contributed by atoms with Gasteiger partial charge in [-0.2, -0.15) is 0 Å². The molecule has 4 heteroatoms. The van der Waals surface area contributed by atoms with Gasteiger partial charge in [0, 0.05) is 16.5 Å². The van der Waals surface area contributed by atoms with E-state index in [-0.39, 0.29) is 5.54 Å². The summed E-state index contributed by atoms with van der Waals surface area (Å²) in [6.07, 6.45) is 6.27. The Kier molecular flexibility index (Phi) is 6.73. The van der Waals surface area contributed by atoms with Crippen LogP contribution in [0.15, 0.2) is 15.9 Å². The molecule has 1 aliphatic rings. The normalized spacial score (nSPS) is 20.6. The van der Waals surface area contributed by atoms with Crippen LogP contribution >= 0.6 is 27.3 Å². The first-order valence-electron chi connectivity index (χ1n) is 8.32. The number of rotatable bonds is 8. The Morgan fingerprint density at radius 3 is 2.57 bits per heavy atom. The van der Waals surface area contributed by atoms with E-state index in [4.69, 9.17) is 0 Å². The SMILES string of the molecule is CCCNC(Cc1ccc(Br)s1)C(C)(CC)N1CCCC1. The first-order valence-corrected chi connectivity index (χ1v) is 9.93. The van der Waals surface area contributed by atoms with E-state index in [0.29, 0.717) is 6.04 Å². The number of nitrogens with one attached hydrogen (secondary N) is 1. The smallest absolute Gasteiger partial charge is 0.0701 e. The molecular weight excluding hydrogens is 344 g/mol. The Morgan fingerprint density at radius 1 is 1.33 bits per heavy atom. The maximum atomic E-state index is 3.85. The molecular formula is C17H29BrN2S. The number of hydrogen-bond acceptors (Lipinski definition) is 3. The minimum atomic E-state index is 0.266. The van der Waals surface area contributed by atoms with Crippen molar-refractivity contribution in [2.45, 2.75) is 64.5 Å². The zero-order valence-electron chi connectivity index (χ0n) is 13.6. The molecule has 0 spiro atoms. The van der Waals surface area contributed by atoms with Gasteiger partial charge >= 0.3 is 0 Å². The summed E-state index contributed by atoms with van der Waals surface area (Å²) >= 11 is 5.47. The summed E-state index contributed by atoms with van der Waals surface area (Å²) in [4.78, 5) is 4.21. The van der Waals surface area contributed by atoms with Crippen LogP contribution in [0.5, 0.6) is 0 Å². The lowest BCUT2D eigenvalue weighted by molar-refractivity contribution is 0.0843. The molecule has 0 aromatic carbocycles. The summed E-state index contributed by atoms with van der Waals surface area (Å²) in [5.74, 6) is 0. The van der Waals surface area contributed by atoms with Crippen LogP contribution in [0.1, 0.15) is 51.3 Å². The highest BCUT2D eigenvalue weighted by atomic mass is 79.9. The quantitative estimate of drug-likeness (QED) is 0.711. The van der Waals surface area contributed by atoms with E-state index in [2.05, 4.69) is 59.1 Å². The minimum Gasteiger partial charge on any atom is -0.312 e. The third kappa shape index (κ3) is 4.31. The van der Waals surface area contributed by atoms with E-state index < -0.39 is 0 Å². The van der Waals surface area contributed by atoms with Crippen LogP contribution < -0.4 is 5.32 Å². The fraction of sp³-hybridized carbons (Fsp3) is 0.765. The molecule has 1 N–H and O–H groups in total. The second kappa shape index (κ2) is 8.09. The average Bonchev–Trinajstić information content (AvgIpc) is 3.14. The zero-order valence-corrected chi connectivity index (χ0v) is 16.0. The Balaban J connectivity index is 2.15. The van der Waals surface area contributed by atoms with Crippen LogP contribution in [-0.2, 0) is 6.42 Å². The highest BCUT2D eigenvalue weighted by Crippen LogP contribution is 2.32. The van der Waals surface area contributed by atoms with E-state index in [1.807, 2.05) is 11.3 Å². The summed E-state index contributed by atoms with van der Waals surface area (Å²) in [6.45, 7) is 10.7. The van der Waals surface area contributed by atoms with Crippen LogP contribution in [0, 0.1) is 0 Å². The molecule has 0 aliphatic carbocycles. The van der Waals surface area contributed by atoms with Crippen LogP contribution in [0.4, 0.5) is 0 Å². The Hall–Kier alpha value is 0.1000. The molecule has 0 amide bonds. The standard InChI is InChI=1S/C17H29BrN2S/c1-4-10-19-15(13-14-8-9-16(18)21-14)17(3,5-2)20-11-6-7-12-20/h8-9,15,19H,4-7,10-13H2,1-3H3. The van der Waals surface area contributed by atoms with Gasteiger partial charge in [0.15, 0.2) is 0 Å². The van der Waals surface area contributed by atoms with Crippen molar-refractivity contribution in [2.24, 2.45) is 0 Å². The molecule has 1 aromatic rings. The van der Waals surface area contributed by atoms with Gasteiger partial charge in [0.05, 0.1) is 3.79 Å². The van der Waals surface area contributed by atoms with Gasteiger partial charge in [-0.25, -0.2) is 0 Å². The summed E-state index contributed by atoms with van der Waals surface area (Å²) in [5.41, 5.74) is 0.266. The fourth-order valence-corrected chi connectivity index (χ4v) is 4.94. The second-order valence-electron chi connectivity index (χ2n) is 6.32. The predicted octanol–water partition coefficient (Wildman–Crippen LogP) is 4.69. The van der Waals surface area contributed by atoms with E-state index in [1.54, 1.807) is 0 Å².